The number of hydrogen-bond donors (Lipinski definition) is 1. The third-order valence-corrected chi connectivity index (χ3v) is 3.99. The van der Waals surface area contributed by atoms with E-state index in [0.717, 1.165) is 13.0 Å². The third-order valence-electron chi connectivity index (χ3n) is 3.62. The number of aromatic nitrogens is 2. The van der Waals surface area contributed by atoms with Crippen LogP contribution < -0.4 is 10.9 Å². The molecule has 0 aliphatic carbocycles. The predicted molar refractivity (Wildman–Crippen MR) is 84.6 cm³/mol. The molecular formula is C14H25ClN4O. The van der Waals surface area contributed by atoms with Crippen LogP contribution in [0, 0.1) is 5.92 Å². The van der Waals surface area contributed by atoms with E-state index in [-0.39, 0.29) is 16.6 Å². The molecule has 0 spiro atoms. The first kappa shape index (κ1) is 17.0. The lowest BCUT2D eigenvalue weighted by Crippen LogP contribution is -2.30. The standard InChI is InChI=1S/C14H25ClN4O/c1-6-10(2)11(3)17-12-9-16-19(8-7-18(4)5)14(20)13(12)15/h9-11,17H,6-8H2,1-5H3. The van der Waals surface area contributed by atoms with Gasteiger partial charge in [-0.2, -0.15) is 5.10 Å². The lowest BCUT2D eigenvalue weighted by molar-refractivity contribution is 0.367. The van der Waals surface area contributed by atoms with Crippen molar-refractivity contribution < 1.29 is 0 Å². The molecule has 1 rings (SSSR count). The molecule has 6 heteroatoms. The van der Waals surface area contributed by atoms with Crippen LogP contribution in [0.15, 0.2) is 11.0 Å². The summed E-state index contributed by atoms with van der Waals surface area (Å²) in [6.07, 6.45) is 2.71. The van der Waals surface area contributed by atoms with E-state index in [1.54, 1.807) is 6.20 Å². The van der Waals surface area contributed by atoms with Crippen LogP contribution in [0.1, 0.15) is 27.2 Å². The maximum atomic E-state index is 12.1. The van der Waals surface area contributed by atoms with Gasteiger partial charge in [0, 0.05) is 12.6 Å². The largest absolute Gasteiger partial charge is 0.380 e. The minimum absolute atomic E-state index is 0.217. The average Bonchev–Trinajstić information content (AvgIpc) is 2.41. The monoisotopic (exact) mass is 300 g/mol. The molecule has 1 aromatic rings. The van der Waals surface area contributed by atoms with E-state index in [1.807, 2.05) is 19.0 Å². The van der Waals surface area contributed by atoms with E-state index in [2.05, 4.69) is 31.2 Å². The summed E-state index contributed by atoms with van der Waals surface area (Å²) in [5.74, 6) is 0.502. The normalized spacial score (nSPS) is 14.3. The number of nitrogens with zero attached hydrogens (tertiary/aromatic N) is 3. The van der Waals surface area contributed by atoms with E-state index in [1.165, 1.54) is 4.68 Å². The topological polar surface area (TPSA) is 50.2 Å². The lowest BCUT2D eigenvalue weighted by Gasteiger charge is -2.21. The summed E-state index contributed by atoms with van der Waals surface area (Å²) in [6, 6.07) is 0.247. The van der Waals surface area contributed by atoms with Crippen LogP contribution >= 0.6 is 11.6 Å². The third kappa shape index (κ3) is 4.49. The van der Waals surface area contributed by atoms with Crippen molar-refractivity contribution in [1.29, 1.82) is 0 Å². The van der Waals surface area contributed by atoms with Gasteiger partial charge in [-0.15, -0.1) is 0 Å². The maximum absolute atomic E-state index is 12.1. The second-order valence-electron chi connectivity index (χ2n) is 5.52. The van der Waals surface area contributed by atoms with Crippen LogP contribution in [0.2, 0.25) is 5.02 Å². The Morgan fingerprint density at radius 1 is 1.45 bits per heavy atom. The van der Waals surface area contributed by atoms with Crippen molar-refractivity contribution in [2.24, 2.45) is 5.92 Å². The summed E-state index contributed by atoms with van der Waals surface area (Å²) in [7, 11) is 3.91. The zero-order valence-corrected chi connectivity index (χ0v) is 13.7. The van der Waals surface area contributed by atoms with Crippen molar-refractivity contribution in [2.45, 2.75) is 39.8 Å². The van der Waals surface area contributed by atoms with Gasteiger partial charge >= 0.3 is 0 Å². The molecule has 0 radical (unpaired) electrons. The van der Waals surface area contributed by atoms with Crippen LogP contribution in [-0.2, 0) is 6.54 Å². The van der Waals surface area contributed by atoms with Gasteiger partial charge in [0.1, 0.15) is 5.02 Å². The number of rotatable bonds is 7. The molecule has 2 unspecified atom stereocenters. The van der Waals surface area contributed by atoms with Gasteiger partial charge < -0.3 is 10.2 Å². The fraction of sp³-hybridized carbons (Fsp3) is 0.714. The van der Waals surface area contributed by atoms with Crippen molar-refractivity contribution in [2.75, 3.05) is 26.0 Å². The second-order valence-corrected chi connectivity index (χ2v) is 5.90. The Balaban J connectivity index is 2.86. The highest BCUT2D eigenvalue weighted by Crippen LogP contribution is 2.19. The van der Waals surface area contributed by atoms with Gasteiger partial charge in [-0.3, -0.25) is 4.79 Å². The SMILES string of the molecule is CCC(C)C(C)Nc1cnn(CCN(C)C)c(=O)c1Cl. The fourth-order valence-corrected chi connectivity index (χ4v) is 1.96. The fourth-order valence-electron chi connectivity index (χ4n) is 1.76. The first-order valence-electron chi connectivity index (χ1n) is 7.03. The highest BCUT2D eigenvalue weighted by atomic mass is 35.5. The van der Waals surface area contributed by atoms with Crippen molar-refractivity contribution in [3.8, 4) is 0 Å². The molecule has 0 aromatic carbocycles. The van der Waals surface area contributed by atoms with Gasteiger partial charge in [-0.05, 0) is 26.9 Å². The van der Waals surface area contributed by atoms with Crippen LogP contribution in [0.3, 0.4) is 0 Å². The highest BCUT2D eigenvalue weighted by Gasteiger charge is 2.14. The van der Waals surface area contributed by atoms with Gasteiger partial charge in [0.25, 0.3) is 5.56 Å². The summed E-state index contributed by atoms with van der Waals surface area (Å²) in [5.41, 5.74) is 0.375. The van der Waals surface area contributed by atoms with Crippen molar-refractivity contribution >= 4 is 17.3 Å². The van der Waals surface area contributed by atoms with E-state index >= 15 is 0 Å². The summed E-state index contributed by atoms with van der Waals surface area (Å²) >= 11 is 6.16. The Bertz CT molecular complexity index is 487. The van der Waals surface area contributed by atoms with Crippen LogP contribution in [-0.4, -0.2) is 41.4 Å². The van der Waals surface area contributed by atoms with E-state index in [9.17, 15) is 4.79 Å². The number of hydrogen-bond acceptors (Lipinski definition) is 4. The van der Waals surface area contributed by atoms with E-state index in [4.69, 9.17) is 11.6 Å². The first-order valence-corrected chi connectivity index (χ1v) is 7.41. The zero-order valence-electron chi connectivity index (χ0n) is 13.0. The lowest BCUT2D eigenvalue weighted by atomic mass is 10.0. The molecule has 0 saturated heterocycles. The molecule has 0 aliphatic heterocycles. The van der Waals surface area contributed by atoms with Gasteiger partial charge in [-0.1, -0.05) is 31.9 Å². The summed E-state index contributed by atoms with van der Waals surface area (Å²) in [5, 5.41) is 7.67. The Hall–Kier alpha value is -1.07. The number of likely N-dealkylation sites (N-methyl/N-ethyl adjacent to an activating group) is 1. The Morgan fingerprint density at radius 2 is 2.10 bits per heavy atom. The van der Waals surface area contributed by atoms with Crippen LogP contribution in [0.5, 0.6) is 0 Å². The van der Waals surface area contributed by atoms with Crippen LogP contribution in [0.4, 0.5) is 5.69 Å². The molecule has 0 saturated carbocycles. The maximum Gasteiger partial charge on any atom is 0.287 e. The molecule has 0 fully saturated rings. The molecule has 2 atom stereocenters. The minimum Gasteiger partial charge on any atom is -0.380 e. The second kappa shape index (κ2) is 7.64. The van der Waals surface area contributed by atoms with Crippen molar-refractivity contribution in [1.82, 2.24) is 14.7 Å². The van der Waals surface area contributed by atoms with Gasteiger partial charge in [0.2, 0.25) is 0 Å². The molecule has 5 nitrogen and oxygen atoms in total. The molecule has 0 amide bonds. The Labute approximate surface area is 125 Å². The molecule has 20 heavy (non-hydrogen) atoms. The average molecular weight is 301 g/mol. The molecule has 1 aromatic heterocycles. The Morgan fingerprint density at radius 3 is 2.65 bits per heavy atom. The summed E-state index contributed by atoms with van der Waals surface area (Å²) < 4.78 is 1.40. The molecule has 114 valence electrons. The van der Waals surface area contributed by atoms with Gasteiger partial charge in [0.05, 0.1) is 18.4 Å². The molecular weight excluding hydrogens is 276 g/mol. The van der Waals surface area contributed by atoms with Gasteiger partial charge in [-0.25, -0.2) is 4.68 Å². The smallest absolute Gasteiger partial charge is 0.287 e. The molecule has 0 aliphatic rings. The molecule has 0 bridgehead atoms. The highest BCUT2D eigenvalue weighted by molar-refractivity contribution is 6.32. The Kier molecular flexibility index (Phi) is 6.49. The van der Waals surface area contributed by atoms with Crippen LogP contribution in [0.25, 0.3) is 0 Å². The van der Waals surface area contributed by atoms with Gasteiger partial charge in [0.15, 0.2) is 0 Å². The van der Waals surface area contributed by atoms with E-state index in [0.29, 0.717) is 18.2 Å². The van der Waals surface area contributed by atoms with Crippen molar-refractivity contribution in [3.63, 3.8) is 0 Å². The summed E-state index contributed by atoms with van der Waals surface area (Å²) in [4.78, 5) is 14.1. The summed E-state index contributed by atoms with van der Waals surface area (Å²) in [6.45, 7) is 7.67. The van der Waals surface area contributed by atoms with Crippen molar-refractivity contribution in [3.05, 3.63) is 21.6 Å². The predicted octanol–water partition coefficient (Wildman–Crippen LogP) is 2.30. The zero-order chi connectivity index (χ0) is 15.3. The molecule has 1 heterocycles. The number of halogens is 1. The number of nitrogens with one attached hydrogen (secondary N) is 1. The first-order chi connectivity index (χ1) is 9.36. The quantitative estimate of drug-likeness (QED) is 0.839. The minimum atomic E-state index is -0.241. The number of anilines is 1. The van der Waals surface area contributed by atoms with E-state index < -0.39 is 0 Å². The molecule has 1 N–H and O–H groups in total.